The molecule has 0 radical (unpaired) electrons. The van der Waals surface area contributed by atoms with E-state index in [4.69, 9.17) is 18.9 Å². The minimum atomic E-state index is -4.74. The lowest BCUT2D eigenvalue weighted by atomic mass is 9.97. The molecule has 0 saturated carbocycles. The summed E-state index contributed by atoms with van der Waals surface area (Å²) in [6.45, 7) is 0.912. The molecule has 0 spiro atoms. The number of anilines is 1. The van der Waals surface area contributed by atoms with E-state index in [0.717, 1.165) is 22.8 Å². The zero-order valence-corrected chi connectivity index (χ0v) is 23.3. The summed E-state index contributed by atoms with van der Waals surface area (Å²) in [5, 5.41) is 2.82. The number of pyridine rings is 1. The van der Waals surface area contributed by atoms with Crippen LogP contribution in [0.25, 0.3) is 0 Å². The molecule has 1 fully saturated rings. The molecule has 0 bridgehead atoms. The Morgan fingerprint density at radius 3 is 1.81 bits per heavy atom. The Bertz CT molecular complexity index is 1410. The molecule has 4 atom stereocenters. The molecule has 1 saturated heterocycles. The van der Waals surface area contributed by atoms with Crippen molar-refractivity contribution in [3.05, 3.63) is 131 Å². The van der Waals surface area contributed by atoms with Gasteiger partial charge in [0.15, 0.2) is 11.6 Å². The minimum Gasteiger partial charge on any atom is -0.374 e. The fourth-order valence-electron chi connectivity index (χ4n) is 4.81. The maximum Gasteiger partial charge on any atom is 0.433 e. The molecular weight excluding hydrogens is 564 g/mol. The summed E-state index contributed by atoms with van der Waals surface area (Å²) in [7, 11) is 0. The summed E-state index contributed by atoms with van der Waals surface area (Å²) in [5.74, 6) is -1.47. The monoisotopic (exact) mass is 596 g/mol. The maximum absolute atomic E-state index is 14.7. The fourth-order valence-corrected chi connectivity index (χ4v) is 4.81. The van der Waals surface area contributed by atoms with Crippen molar-refractivity contribution in [2.75, 3.05) is 18.5 Å². The molecule has 0 unspecified atom stereocenters. The van der Waals surface area contributed by atoms with Gasteiger partial charge in [-0.3, -0.25) is 0 Å². The second-order valence-corrected chi connectivity index (χ2v) is 10.2. The Hall–Kier alpha value is -3.83. The highest BCUT2D eigenvalue weighted by Crippen LogP contribution is 2.31. The van der Waals surface area contributed by atoms with Crippen LogP contribution in [0.1, 0.15) is 22.4 Å². The first-order valence-corrected chi connectivity index (χ1v) is 13.9. The predicted molar refractivity (Wildman–Crippen MR) is 152 cm³/mol. The summed E-state index contributed by atoms with van der Waals surface area (Å²) in [6.07, 6.45) is -6.80. The third-order valence-electron chi connectivity index (χ3n) is 7.00. The minimum absolute atomic E-state index is 0.0125. The van der Waals surface area contributed by atoms with Gasteiger partial charge in [-0.2, -0.15) is 13.2 Å². The molecule has 5 rings (SSSR count). The van der Waals surface area contributed by atoms with E-state index in [9.17, 15) is 17.6 Å². The van der Waals surface area contributed by atoms with Gasteiger partial charge in [0.1, 0.15) is 24.0 Å². The van der Waals surface area contributed by atoms with Crippen molar-refractivity contribution in [2.24, 2.45) is 0 Å². The van der Waals surface area contributed by atoms with Crippen LogP contribution >= 0.6 is 0 Å². The van der Waals surface area contributed by atoms with E-state index in [1.165, 1.54) is 0 Å². The number of nitrogens with zero attached hydrogens (tertiary/aromatic N) is 1. The van der Waals surface area contributed by atoms with Crippen LogP contribution in [0.4, 0.5) is 23.4 Å². The van der Waals surface area contributed by atoms with Crippen LogP contribution in [0.5, 0.6) is 0 Å². The molecule has 0 amide bonds. The van der Waals surface area contributed by atoms with Crippen molar-refractivity contribution < 1.29 is 36.5 Å². The van der Waals surface area contributed by atoms with Gasteiger partial charge >= 0.3 is 6.18 Å². The van der Waals surface area contributed by atoms with Gasteiger partial charge in [0.2, 0.25) is 0 Å². The number of hydrogen-bond donors (Lipinski definition) is 1. The van der Waals surface area contributed by atoms with Crippen LogP contribution in [0.15, 0.2) is 103 Å². The predicted octanol–water partition coefficient (Wildman–Crippen LogP) is 6.81. The molecule has 226 valence electrons. The topological polar surface area (TPSA) is 61.8 Å². The SMILES string of the molecule is Fc1ccc(C(F)(F)F)nc1N[C@H]1CO[C@H](COCc2ccccc2)[C@H](OCc2ccccc2)[C@@H]1OCc1ccccc1. The molecule has 4 aromatic rings. The molecule has 1 aliphatic heterocycles. The molecule has 1 N–H and O–H groups in total. The van der Waals surface area contributed by atoms with Crippen molar-refractivity contribution in [1.29, 1.82) is 0 Å². The van der Waals surface area contributed by atoms with Gasteiger partial charge in [-0.1, -0.05) is 91.0 Å². The second kappa shape index (κ2) is 14.6. The number of alkyl halides is 3. The van der Waals surface area contributed by atoms with Gasteiger partial charge in [-0.05, 0) is 28.8 Å². The van der Waals surface area contributed by atoms with Crippen molar-refractivity contribution >= 4 is 5.82 Å². The first-order chi connectivity index (χ1) is 20.9. The molecule has 2 heterocycles. The molecule has 0 aliphatic carbocycles. The average Bonchev–Trinajstić information content (AvgIpc) is 3.02. The number of rotatable bonds is 12. The third-order valence-corrected chi connectivity index (χ3v) is 7.00. The van der Waals surface area contributed by atoms with Crippen molar-refractivity contribution in [1.82, 2.24) is 4.98 Å². The van der Waals surface area contributed by atoms with Crippen molar-refractivity contribution in [3.63, 3.8) is 0 Å². The Balaban J connectivity index is 1.40. The standard InChI is InChI=1S/C33H32F4N2O4/c34-26-16-17-29(33(35,36)37)39-32(26)38-27-21-41-28(22-40-18-23-10-4-1-5-11-23)31(43-20-25-14-8-3-9-15-25)30(27)42-19-24-12-6-2-7-13-24/h1-17,27-28,30-31H,18-22H2,(H,38,39)/t27-,28+,30+,31-/m0/s1. The molecule has 6 nitrogen and oxygen atoms in total. The highest BCUT2D eigenvalue weighted by molar-refractivity contribution is 5.40. The number of ether oxygens (including phenoxy) is 4. The average molecular weight is 597 g/mol. The van der Waals surface area contributed by atoms with Crippen molar-refractivity contribution in [3.8, 4) is 0 Å². The van der Waals surface area contributed by atoms with Crippen LogP contribution in [-0.4, -0.2) is 42.6 Å². The first-order valence-electron chi connectivity index (χ1n) is 13.9. The maximum atomic E-state index is 14.7. The van der Waals surface area contributed by atoms with Gasteiger partial charge in [-0.15, -0.1) is 0 Å². The lowest BCUT2D eigenvalue weighted by Gasteiger charge is -2.42. The Kier molecular flexibility index (Phi) is 10.4. The zero-order chi connectivity index (χ0) is 30.1. The van der Waals surface area contributed by atoms with E-state index in [2.05, 4.69) is 10.3 Å². The highest BCUT2D eigenvalue weighted by atomic mass is 19.4. The Morgan fingerprint density at radius 2 is 1.26 bits per heavy atom. The molecule has 3 aromatic carbocycles. The summed E-state index contributed by atoms with van der Waals surface area (Å²) >= 11 is 0. The normalized spacial score (nSPS) is 20.6. The van der Waals surface area contributed by atoms with E-state index in [-0.39, 0.29) is 26.4 Å². The second-order valence-electron chi connectivity index (χ2n) is 10.2. The number of halogens is 4. The number of aromatic nitrogens is 1. The van der Waals surface area contributed by atoms with Gasteiger partial charge in [0, 0.05) is 0 Å². The van der Waals surface area contributed by atoms with Gasteiger partial charge in [0.05, 0.1) is 39.1 Å². The van der Waals surface area contributed by atoms with Crippen LogP contribution in [-0.2, 0) is 44.9 Å². The summed E-state index contributed by atoms with van der Waals surface area (Å²) < 4.78 is 79.8. The van der Waals surface area contributed by atoms with Gasteiger partial charge in [-0.25, -0.2) is 9.37 Å². The summed E-state index contributed by atoms with van der Waals surface area (Å²) in [4.78, 5) is 3.52. The summed E-state index contributed by atoms with van der Waals surface area (Å²) in [6, 6.07) is 29.2. The molecular formula is C33H32F4N2O4. The van der Waals surface area contributed by atoms with Crippen molar-refractivity contribution in [2.45, 2.75) is 50.4 Å². The van der Waals surface area contributed by atoms with Crippen LogP contribution < -0.4 is 5.32 Å². The number of nitrogens with one attached hydrogen (secondary N) is 1. The van der Waals surface area contributed by atoms with E-state index in [1.54, 1.807) is 0 Å². The highest BCUT2D eigenvalue weighted by Gasteiger charge is 2.43. The smallest absolute Gasteiger partial charge is 0.374 e. The number of hydrogen-bond acceptors (Lipinski definition) is 6. The van der Waals surface area contributed by atoms with E-state index in [1.807, 2.05) is 91.0 Å². The van der Waals surface area contributed by atoms with Gasteiger partial charge in [0.25, 0.3) is 0 Å². The molecule has 43 heavy (non-hydrogen) atoms. The largest absolute Gasteiger partial charge is 0.433 e. The van der Waals surface area contributed by atoms with E-state index >= 15 is 0 Å². The van der Waals surface area contributed by atoms with Crippen LogP contribution in [0.2, 0.25) is 0 Å². The lowest BCUT2D eigenvalue weighted by molar-refractivity contribution is -0.201. The quantitative estimate of drug-likeness (QED) is 0.182. The van der Waals surface area contributed by atoms with E-state index < -0.39 is 47.9 Å². The Morgan fingerprint density at radius 1 is 0.721 bits per heavy atom. The van der Waals surface area contributed by atoms with E-state index in [0.29, 0.717) is 12.7 Å². The molecule has 1 aromatic heterocycles. The molecule has 1 aliphatic rings. The third kappa shape index (κ3) is 8.61. The van der Waals surface area contributed by atoms with Crippen LogP contribution in [0, 0.1) is 5.82 Å². The Labute approximate surface area is 247 Å². The lowest BCUT2D eigenvalue weighted by Crippen LogP contribution is -2.59. The van der Waals surface area contributed by atoms with Gasteiger partial charge < -0.3 is 24.3 Å². The summed E-state index contributed by atoms with van der Waals surface area (Å²) in [5.41, 5.74) is 1.57. The number of benzene rings is 3. The van der Waals surface area contributed by atoms with Crippen LogP contribution in [0.3, 0.4) is 0 Å². The first kappa shape index (κ1) is 30.6. The fraction of sp³-hybridized carbons (Fsp3) is 0.303. The molecule has 10 heteroatoms. The zero-order valence-electron chi connectivity index (χ0n) is 23.3.